The molecule has 0 aliphatic carbocycles. The van der Waals surface area contributed by atoms with Crippen LogP contribution in [0.5, 0.6) is 0 Å². The Labute approximate surface area is 295 Å². The van der Waals surface area contributed by atoms with E-state index in [9.17, 15) is 14.4 Å². The summed E-state index contributed by atoms with van der Waals surface area (Å²) < 4.78 is 5.99. The van der Waals surface area contributed by atoms with Crippen molar-refractivity contribution in [2.75, 3.05) is 6.54 Å². The Morgan fingerprint density at radius 3 is 1.56 bits per heavy atom. The van der Waals surface area contributed by atoms with Crippen molar-refractivity contribution in [3.8, 4) is 0 Å². The van der Waals surface area contributed by atoms with Gasteiger partial charge in [0.2, 0.25) is 5.91 Å². The normalized spacial score (nSPS) is 12.5. The molecule has 276 valence electrons. The molecule has 0 radical (unpaired) electrons. The van der Waals surface area contributed by atoms with Gasteiger partial charge in [-0.1, -0.05) is 146 Å². The number of ether oxygens (including phenoxy) is 1. The van der Waals surface area contributed by atoms with Crippen LogP contribution in [0.1, 0.15) is 187 Å². The number of carbonyl (C=O) groups excluding carboxylic acids is 2. The molecule has 0 fully saturated rings. The molecule has 2 N–H and O–H groups in total. The van der Waals surface area contributed by atoms with Crippen molar-refractivity contribution in [3.63, 3.8) is 0 Å². The molecule has 0 bridgehead atoms. The monoisotopic (exact) mass is 672 g/mol. The second-order valence-electron chi connectivity index (χ2n) is 13.2. The van der Waals surface area contributed by atoms with Crippen LogP contribution in [0.15, 0.2) is 48.6 Å². The second kappa shape index (κ2) is 37.2. The number of carboxylic acids is 1. The molecule has 0 rings (SSSR count). The van der Waals surface area contributed by atoms with Gasteiger partial charge in [-0.05, 0) is 77.0 Å². The predicted octanol–water partition coefficient (Wildman–Crippen LogP) is 11.9. The number of esters is 1. The highest BCUT2D eigenvalue weighted by molar-refractivity contribution is 5.80. The average molecular weight is 672 g/mol. The second-order valence-corrected chi connectivity index (χ2v) is 13.2. The van der Waals surface area contributed by atoms with Crippen LogP contribution in [0.4, 0.5) is 0 Å². The van der Waals surface area contributed by atoms with Gasteiger partial charge >= 0.3 is 11.9 Å². The Balaban J connectivity index is 4.17. The zero-order valence-electron chi connectivity index (χ0n) is 31.1. The molecule has 0 aromatic carbocycles. The van der Waals surface area contributed by atoms with E-state index in [1.165, 1.54) is 51.4 Å². The molecular formula is C42H73NO5. The highest BCUT2D eigenvalue weighted by Gasteiger charge is 2.14. The third-order valence-corrected chi connectivity index (χ3v) is 8.52. The number of carboxylic acid groups (broad SMARTS) is 1. The van der Waals surface area contributed by atoms with Crippen LogP contribution in [0, 0.1) is 0 Å². The molecule has 1 atom stereocenters. The molecule has 48 heavy (non-hydrogen) atoms. The number of aliphatic carboxylic acids is 1. The van der Waals surface area contributed by atoms with E-state index in [-0.39, 0.29) is 24.5 Å². The van der Waals surface area contributed by atoms with Crippen molar-refractivity contribution in [3.05, 3.63) is 48.6 Å². The summed E-state index contributed by atoms with van der Waals surface area (Å²) in [6.45, 7) is 4.10. The lowest BCUT2D eigenvalue weighted by Gasteiger charge is -2.18. The van der Waals surface area contributed by atoms with Crippen LogP contribution in [0.3, 0.4) is 0 Å². The van der Waals surface area contributed by atoms with E-state index in [0.29, 0.717) is 12.8 Å². The number of rotatable bonds is 35. The lowest BCUT2D eigenvalue weighted by Crippen LogP contribution is -2.28. The molecule has 0 spiro atoms. The fourth-order valence-electron chi connectivity index (χ4n) is 5.62. The molecule has 6 heteroatoms. The molecule has 1 unspecified atom stereocenters. The maximum absolute atomic E-state index is 12.7. The van der Waals surface area contributed by atoms with Gasteiger partial charge in [-0.15, -0.1) is 0 Å². The first-order valence-electron chi connectivity index (χ1n) is 19.8. The first-order chi connectivity index (χ1) is 23.5. The number of nitrogens with one attached hydrogen (secondary N) is 1. The van der Waals surface area contributed by atoms with Crippen molar-refractivity contribution in [1.29, 1.82) is 0 Å². The summed E-state index contributed by atoms with van der Waals surface area (Å²) in [5, 5.41) is 11.1. The highest BCUT2D eigenvalue weighted by atomic mass is 16.5. The fraction of sp³-hybridized carbons (Fsp3) is 0.738. The van der Waals surface area contributed by atoms with Crippen molar-refractivity contribution < 1.29 is 24.2 Å². The van der Waals surface area contributed by atoms with Crippen LogP contribution in [-0.4, -0.2) is 35.6 Å². The van der Waals surface area contributed by atoms with Gasteiger partial charge in [0, 0.05) is 12.8 Å². The van der Waals surface area contributed by atoms with Crippen LogP contribution in [0.2, 0.25) is 0 Å². The van der Waals surface area contributed by atoms with Crippen molar-refractivity contribution >= 4 is 17.8 Å². The van der Waals surface area contributed by atoms with E-state index in [2.05, 4.69) is 67.8 Å². The smallest absolute Gasteiger partial charge is 0.322 e. The molecule has 0 heterocycles. The van der Waals surface area contributed by atoms with E-state index in [0.717, 1.165) is 109 Å². The lowest BCUT2D eigenvalue weighted by molar-refractivity contribution is -0.150. The van der Waals surface area contributed by atoms with Gasteiger partial charge in [-0.2, -0.15) is 0 Å². The summed E-state index contributed by atoms with van der Waals surface area (Å²) >= 11 is 0. The minimum Gasteiger partial charge on any atom is -0.480 e. The minimum absolute atomic E-state index is 0.0157. The van der Waals surface area contributed by atoms with Crippen LogP contribution in [-0.2, 0) is 19.1 Å². The molecule has 1 amide bonds. The number of amides is 1. The molecule has 0 aromatic heterocycles. The Morgan fingerprint density at radius 2 is 1.02 bits per heavy atom. The first kappa shape index (κ1) is 45.4. The average Bonchev–Trinajstić information content (AvgIpc) is 3.07. The van der Waals surface area contributed by atoms with Crippen LogP contribution in [0.25, 0.3) is 0 Å². The Kier molecular flexibility index (Phi) is 35.2. The van der Waals surface area contributed by atoms with Gasteiger partial charge in [0.25, 0.3) is 0 Å². The summed E-state index contributed by atoms with van der Waals surface area (Å²) in [7, 11) is 0. The van der Waals surface area contributed by atoms with Crippen molar-refractivity contribution in [2.24, 2.45) is 0 Å². The molecule has 0 saturated carbocycles. The minimum atomic E-state index is -1.02. The molecule has 0 aliphatic heterocycles. The zero-order valence-corrected chi connectivity index (χ0v) is 31.1. The van der Waals surface area contributed by atoms with E-state index in [1.54, 1.807) is 0 Å². The third-order valence-electron chi connectivity index (χ3n) is 8.52. The summed E-state index contributed by atoms with van der Waals surface area (Å²) in [5.74, 6) is -1.26. The molecule has 0 aliphatic rings. The number of carbonyl (C=O) groups is 3. The number of hydrogen-bond acceptors (Lipinski definition) is 4. The highest BCUT2D eigenvalue weighted by Crippen LogP contribution is 2.18. The van der Waals surface area contributed by atoms with Gasteiger partial charge in [-0.3, -0.25) is 14.4 Å². The first-order valence-corrected chi connectivity index (χ1v) is 19.8. The Hall–Kier alpha value is -2.63. The Morgan fingerprint density at radius 1 is 0.562 bits per heavy atom. The summed E-state index contributed by atoms with van der Waals surface area (Å²) in [4.78, 5) is 34.9. The van der Waals surface area contributed by atoms with Gasteiger partial charge in [0.15, 0.2) is 0 Å². The summed E-state index contributed by atoms with van der Waals surface area (Å²) in [6, 6.07) is 0. The van der Waals surface area contributed by atoms with Gasteiger partial charge in [0.05, 0.1) is 0 Å². The zero-order chi connectivity index (χ0) is 35.2. The third kappa shape index (κ3) is 36.2. The topological polar surface area (TPSA) is 92.7 Å². The summed E-state index contributed by atoms with van der Waals surface area (Å²) in [5.41, 5.74) is 0. The van der Waals surface area contributed by atoms with Crippen molar-refractivity contribution in [2.45, 2.75) is 193 Å². The molecule has 0 saturated heterocycles. The molecular weight excluding hydrogens is 598 g/mol. The van der Waals surface area contributed by atoms with Gasteiger partial charge in [0.1, 0.15) is 12.6 Å². The lowest BCUT2D eigenvalue weighted by atomic mass is 10.0. The Bertz CT molecular complexity index is 875. The maximum atomic E-state index is 12.7. The largest absolute Gasteiger partial charge is 0.480 e. The molecule has 6 nitrogen and oxygen atoms in total. The van der Waals surface area contributed by atoms with E-state index < -0.39 is 5.97 Å². The van der Waals surface area contributed by atoms with E-state index in [1.807, 2.05) is 0 Å². The summed E-state index contributed by atoms with van der Waals surface area (Å²) in [6.07, 6.45) is 46.5. The van der Waals surface area contributed by atoms with E-state index >= 15 is 0 Å². The quantitative estimate of drug-likeness (QED) is 0.0397. The SMILES string of the molecule is CC/C=C\C/C=C\C/C=C\C/C=C\CCCCCCC(=O)OC(CCCCCCCCCCC)CCCCCCCC(=O)NCC(=O)O. The number of hydrogen-bond donors (Lipinski definition) is 2. The van der Waals surface area contributed by atoms with Crippen LogP contribution < -0.4 is 5.32 Å². The standard InChI is InChI=1S/C42H73NO5/c1-3-5-7-9-11-13-14-15-16-17-18-19-20-22-24-29-33-37-42(47)48-39(34-30-26-23-21-12-10-8-6-4-2)35-31-27-25-28-32-36-40(44)43-38-41(45)46/h5,7,11,13,15-16,18-19,39H,3-4,6,8-10,12,14,17,20-38H2,1-2H3,(H,43,44)(H,45,46)/b7-5-,13-11-,16-15-,19-18-. The van der Waals surface area contributed by atoms with Gasteiger partial charge < -0.3 is 15.2 Å². The fourth-order valence-corrected chi connectivity index (χ4v) is 5.62. The number of unbranched alkanes of at least 4 members (excludes halogenated alkanes) is 16. The van der Waals surface area contributed by atoms with Crippen LogP contribution >= 0.6 is 0 Å². The van der Waals surface area contributed by atoms with Gasteiger partial charge in [-0.25, -0.2) is 0 Å². The molecule has 0 aromatic rings. The predicted molar refractivity (Wildman–Crippen MR) is 203 cm³/mol. The van der Waals surface area contributed by atoms with Crippen molar-refractivity contribution in [1.82, 2.24) is 5.32 Å². The number of allylic oxidation sites excluding steroid dienone is 8. The maximum Gasteiger partial charge on any atom is 0.322 e. The van der Waals surface area contributed by atoms with E-state index in [4.69, 9.17) is 9.84 Å².